The molecule has 3 rings (SSSR count). The second-order valence-corrected chi connectivity index (χ2v) is 6.30. The molecule has 2 aromatic rings. The fourth-order valence-electron chi connectivity index (χ4n) is 2.46. The Kier molecular flexibility index (Phi) is 4.96. The summed E-state index contributed by atoms with van der Waals surface area (Å²) in [6.45, 7) is 2.15. The Balaban J connectivity index is 1.50. The lowest BCUT2D eigenvalue weighted by atomic mass is 10.4. The van der Waals surface area contributed by atoms with Gasteiger partial charge in [0, 0.05) is 18.0 Å². The van der Waals surface area contributed by atoms with Crippen LogP contribution >= 0.6 is 11.8 Å². The van der Waals surface area contributed by atoms with Crippen molar-refractivity contribution >= 4 is 29.2 Å². The smallest absolute Gasteiger partial charge is 0.234 e. The third-order valence-electron chi connectivity index (χ3n) is 3.57. The fourth-order valence-corrected chi connectivity index (χ4v) is 3.18. The average Bonchev–Trinajstić information content (AvgIpc) is 3.09. The molecule has 2 heterocycles. The summed E-state index contributed by atoms with van der Waals surface area (Å²) in [5.74, 6) is 1.39. The first-order valence-electron chi connectivity index (χ1n) is 7.50. The predicted molar refractivity (Wildman–Crippen MR) is 91.5 cm³/mol. The molecule has 0 spiro atoms. The van der Waals surface area contributed by atoms with Crippen molar-refractivity contribution < 1.29 is 4.79 Å². The maximum Gasteiger partial charge on any atom is 0.234 e. The van der Waals surface area contributed by atoms with Gasteiger partial charge in [-0.25, -0.2) is 4.98 Å². The number of hydrogen-bond acceptors (Lipinski definition) is 4. The predicted octanol–water partition coefficient (Wildman–Crippen LogP) is 3.41. The van der Waals surface area contributed by atoms with Gasteiger partial charge in [-0.05, 0) is 37.1 Å². The van der Waals surface area contributed by atoms with E-state index in [0.717, 1.165) is 29.5 Å². The van der Waals surface area contributed by atoms with E-state index in [4.69, 9.17) is 0 Å². The average molecular weight is 313 g/mol. The molecule has 1 fully saturated rings. The van der Waals surface area contributed by atoms with Crippen molar-refractivity contribution in [1.82, 2.24) is 4.98 Å². The van der Waals surface area contributed by atoms with Crippen molar-refractivity contribution in [3.63, 3.8) is 0 Å². The Morgan fingerprint density at radius 1 is 1.14 bits per heavy atom. The van der Waals surface area contributed by atoms with Crippen molar-refractivity contribution in [2.24, 2.45) is 0 Å². The first-order chi connectivity index (χ1) is 10.8. The van der Waals surface area contributed by atoms with E-state index in [0.29, 0.717) is 5.75 Å². The normalized spacial score (nSPS) is 14.1. The van der Waals surface area contributed by atoms with Gasteiger partial charge in [-0.3, -0.25) is 4.79 Å². The molecule has 1 N–H and O–H groups in total. The summed E-state index contributed by atoms with van der Waals surface area (Å²) in [6, 6.07) is 13.8. The molecule has 114 valence electrons. The molecule has 1 aromatic heterocycles. The number of hydrogen-bond donors (Lipinski definition) is 1. The van der Waals surface area contributed by atoms with E-state index in [-0.39, 0.29) is 5.91 Å². The zero-order valence-electron chi connectivity index (χ0n) is 12.4. The van der Waals surface area contributed by atoms with Gasteiger partial charge in [0.25, 0.3) is 0 Å². The second-order valence-electron chi connectivity index (χ2n) is 5.25. The van der Waals surface area contributed by atoms with Gasteiger partial charge in [0.1, 0.15) is 5.82 Å². The van der Waals surface area contributed by atoms with E-state index in [1.165, 1.54) is 24.6 Å². The van der Waals surface area contributed by atoms with Crippen LogP contribution in [0.3, 0.4) is 0 Å². The molecule has 0 atom stereocenters. The number of aromatic nitrogens is 1. The highest BCUT2D eigenvalue weighted by atomic mass is 32.2. The Morgan fingerprint density at radius 3 is 2.59 bits per heavy atom. The van der Waals surface area contributed by atoms with Gasteiger partial charge in [0.05, 0.1) is 17.6 Å². The molecule has 1 amide bonds. The van der Waals surface area contributed by atoms with E-state index in [2.05, 4.69) is 15.2 Å². The number of amides is 1. The van der Waals surface area contributed by atoms with Crippen molar-refractivity contribution in [2.45, 2.75) is 17.7 Å². The molecule has 1 aliphatic heterocycles. The molecule has 1 saturated heterocycles. The highest BCUT2D eigenvalue weighted by Crippen LogP contribution is 2.20. The lowest BCUT2D eigenvalue weighted by molar-refractivity contribution is -0.113. The standard InChI is InChI=1S/C17H19N3OS/c21-17(13-22-15-6-2-1-3-7-15)19-14-8-9-16(18-12-14)20-10-4-5-11-20/h1-3,6-9,12H,4-5,10-11,13H2,(H,19,21). The molecule has 5 heteroatoms. The van der Waals surface area contributed by atoms with Gasteiger partial charge in [0.2, 0.25) is 5.91 Å². The van der Waals surface area contributed by atoms with Crippen LogP contribution in [0.2, 0.25) is 0 Å². The summed E-state index contributed by atoms with van der Waals surface area (Å²) in [5, 5.41) is 2.89. The maximum absolute atomic E-state index is 12.0. The number of pyridine rings is 1. The molecular weight excluding hydrogens is 294 g/mol. The lowest BCUT2D eigenvalue weighted by Gasteiger charge is -2.16. The highest BCUT2D eigenvalue weighted by Gasteiger charge is 2.13. The van der Waals surface area contributed by atoms with Gasteiger partial charge in [-0.2, -0.15) is 0 Å². The molecule has 0 bridgehead atoms. The van der Waals surface area contributed by atoms with Crippen LogP contribution in [0.5, 0.6) is 0 Å². The number of nitrogens with zero attached hydrogens (tertiary/aromatic N) is 2. The minimum Gasteiger partial charge on any atom is -0.357 e. The number of carbonyl (C=O) groups excluding carboxylic acids is 1. The van der Waals surface area contributed by atoms with Gasteiger partial charge in [-0.1, -0.05) is 18.2 Å². The molecule has 0 unspecified atom stereocenters. The maximum atomic E-state index is 12.0. The molecule has 22 heavy (non-hydrogen) atoms. The molecular formula is C17H19N3OS. The molecule has 0 aliphatic carbocycles. The van der Waals surface area contributed by atoms with Crippen LogP contribution in [0.4, 0.5) is 11.5 Å². The number of rotatable bonds is 5. The Hall–Kier alpha value is -2.01. The topological polar surface area (TPSA) is 45.2 Å². The summed E-state index contributed by atoms with van der Waals surface area (Å²) in [7, 11) is 0. The third kappa shape index (κ3) is 4.01. The van der Waals surface area contributed by atoms with E-state index < -0.39 is 0 Å². The van der Waals surface area contributed by atoms with Crippen LogP contribution in [0.25, 0.3) is 0 Å². The first-order valence-corrected chi connectivity index (χ1v) is 8.48. The first kappa shape index (κ1) is 14.9. The molecule has 1 aliphatic rings. The van der Waals surface area contributed by atoms with Crippen LogP contribution in [0, 0.1) is 0 Å². The Labute approximate surface area is 134 Å². The summed E-state index contributed by atoms with van der Waals surface area (Å²) in [5.41, 5.74) is 0.751. The Bertz CT molecular complexity index is 610. The third-order valence-corrected chi connectivity index (χ3v) is 4.59. The van der Waals surface area contributed by atoms with Gasteiger partial charge < -0.3 is 10.2 Å². The van der Waals surface area contributed by atoms with Crippen LogP contribution in [0.1, 0.15) is 12.8 Å². The van der Waals surface area contributed by atoms with Gasteiger partial charge in [0.15, 0.2) is 0 Å². The van der Waals surface area contributed by atoms with E-state index in [1.807, 2.05) is 42.5 Å². The van der Waals surface area contributed by atoms with E-state index >= 15 is 0 Å². The summed E-state index contributed by atoms with van der Waals surface area (Å²) < 4.78 is 0. The van der Waals surface area contributed by atoms with E-state index in [1.54, 1.807) is 6.20 Å². The number of benzene rings is 1. The number of nitrogens with one attached hydrogen (secondary N) is 1. The molecule has 1 aromatic carbocycles. The van der Waals surface area contributed by atoms with Crippen molar-refractivity contribution in [2.75, 3.05) is 29.1 Å². The highest BCUT2D eigenvalue weighted by molar-refractivity contribution is 8.00. The fraction of sp³-hybridized carbons (Fsp3) is 0.294. The minimum absolute atomic E-state index is 0.00965. The number of anilines is 2. The van der Waals surface area contributed by atoms with Crippen molar-refractivity contribution in [1.29, 1.82) is 0 Å². The van der Waals surface area contributed by atoms with Crippen LogP contribution in [-0.2, 0) is 4.79 Å². The van der Waals surface area contributed by atoms with Crippen LogP contribution in [0.15, 0.2) is 53.6 Å². The van der Waals surface area contributed by atoms with E-state index in [9.17, 15) is 4.79 Å². The van der Waals surface area contributed by atoms with Gasteiger partial charge in [-0.15, -0.1) is 11.8 Å². The van der Waals surface area contributed by atoms with Crippen LogP contribution in [-0.4, -0.2) is 29.7 Å². The lowest BCUT2D eigenvalue weighted by Crippen LogP contribution is -2.19. The number of thioether (sulfide) groups is 1. The van der Waals surface area contributed by atoms with Crippen LogP contribution < -0.4 is 10.2 Å². The zero-order valence-corrected chi connectivity index (χ0v) is 13.2. The SMILES string of the molecule is O=C(CSc1ccccc1)Nc1ccc(N2CCCC2)nc1. The van der Waals surface area contributed by atoms with Crippen molar-refractivity contribution in [3.8, 4) is 0 Å². The molecule has 4 nitrogen and oxygen atoms in total. The number of carbonyl (C=O) groups is 1. The summed E-state index contributed by atoms with van der Waals surface area (Å²) in [6.07, 6.45) is 4.20. The Morgan fingerprint density at radius 2 is 1.91 bits per heavy atom. The monoisotopic (exact) mass is 313 g/mol. The second kappa shape index (κ2) is 7.31. The largest absolute Gasteiger partial charge is 0.357 e. The quantitative estimate of drug-likeness (QED) is 0.859. The zero-order chi connectivity index (χ0) is 15.2. The summed E-state index contributed by atoms with van der Waals surface area (Å²) >= 11 is 1.53. The molecule has 0 saturated carbocycles. The van der Waals surface area contributed by atoms with Crippen molar-refractivity contribution in [3.05, 3.63) is 48.7 Å². The molecule has 0 radical (unpaired) electrons. The summed E-state index contributed by atoms with van der Waals surface area (Å²) in [4.78, 5) is 19.8. The minimum atomic E-state index is -0.00965. The van der Waals surface area contributed by atoms with Gasteiger partial charge >= 0.3 is 0 Å².